The highest BCUT2D eigenvalue weighted by Gasteiger charge is 2.37. The lowest BCUT2D eigenvalue weighted by Crippen LogP contribution is -2.24. The molecule has 3 nitrogen and oxygen atoms in total. The van der Waals surface area contributed by atoms with Crippen molar-refractivity contribution in [3.63, 3.8) is 0 Å². The second-order valence-corrected chi connectivity index (χ2v) is 8.95. The molecular weight excluding hydrogens is 270 g/mol. The first-order chi connectivity index (χ1) is 9.25. The highest BCUT2D eigenvalue weighted by molar-refractivity contribution is 7.91. The van der Waals surface area contributed by atoms with E-state index in [1.165, 1.54) is 6.42 Å². The van der Waals surface area contributed by atoms with Crippen LogP contribution in [-0.2, 0) is 9.84 Å². The summed E-state index contributed by atoms with van der Waals surface area (Å²) in [6.07, 6.45) is 2.25. The van der Waals surface area contributed by atoms with Crippen LogP contribution in [0.15, 0.2) is 29.2 Å². The molecule has 112 valence electrons. The zero-order valence-electron chi connectivity index (χ0n) is 12.8. The fraction of sp³-hybridized carbons (Fsp3) is 0.625. The Balaban J connectivity index is 2.27. The van der Waals surface area contributed by atoms with Crippen molar-refractivity contribution in [2.24, 2.45) is 11.3 Å². The van der Waals surface area contributed by atoms with Crippen molar-refractivity contribution in [1.29, 1.82) is 0 Å². The van der Waals surface area contributed by atoms with Gasteiger partial charge in [0, 0.05) is 6.04 Å². The Morgan fingerprint density at radius 1 is 1.25 bits per heavy atom. The highest BCUT2D eigenvalue weighted by Crippen LogP contribution is 2.42. The van der Waals surface area contributed by atoms with Crippen LogP contribution in [0.2, 0.25) is 0 Å². The van der Waals surface area contributed by atoms with Gasteiger partial charge in [-0.25, -0.2) is 8.42 Å². The Morgan fingerprint density at radius 3 is 2.45 bits per heavy atom. The molecule has 1 aromatic carbocycles. The van der Waals surface area contributed by atoms with E-state index in [1.807, 2.05) is 12.1 Å². The van der Waals surface area contributed by atoms with Gasteiger partial charge in [0.05, 0.1) is 16.3 Å². The molecule has 2 atom stereocenters. The fourth-order valence-corrected chi connectivity index (χ4v) is 4.36. The third-order valence-electron chi connectivity index (χ3n) is 4.28. The molecule has 0 saturated heterocycles. The zero-order valence-corrected chi connectivity index (χ0v) is 13.6. The Kier molecular flexibility index (Phi) is 4.14. The summed E-state index contributed by atoms with van der Waals surface area (Å²) in [6, 6.07) is 7.60. The van der Waals surface area contributed by atoms with Crippen LogP contribution in [0.25, 0.3) is 0 Å². The van der Waals surface area contributed by atoms with Crippen molar-refractivity contribution in [3.8, 4) is 0 Å². The fourth-order valence-electron chi connectivity index (χ4n) is 3.30. The largest absolute Gasteiger partial charge is 0.381 e. The van der Waals surface area contributed by atoms with Gasteiger partial charge in [0.2, 0.25) is 0 Å². The predicted octanol–water partition coefficient (Wildman–Crippen LogP) is 3.72. The third kappa shape index (κ3) is 3.17. The standard InChI is InChI=1S/C16H25NO2S/c1-5-20(18,19)15-9-7-6-8-13(15)17-14-11-16(3,4)10-12(14)2/h6-9,12,14,17H,5,10-11H2,1-4H3. The molecule has 1 N–H and O–H groups in total. The molecule has 0 radical (unpaired) electrons. The average molecular weight is 295 g/mol. The van der Waals surface area contributed by atoms with E-state index in [1.54, 1.807) is 19.1 Å². The molecular formula is C16H25NO2S. The molecule has 0 bridgehead atoms. The van der Waals surface area contributed by atoms with Gasteiger partial charge in [0.15, 0.2) is 9.84 Å². The minimum atomic E-state index is -3.18. The first-order valence-electron chi connectivity index (χ1n) is 7.33. The van der Waals surface area contributed by atoms with E-state index in [0.29, 0.717) is 22.3 Å². The van der Waals surface area contributed by atoms with Crippen LogP contribution in [0.4, 0.5) is 5.69 Å². The summed E-state index contributed by atoms with van der Waals surface area (Å²) < 4.78 is 24.3. The lowest BCUT2D eigenvalue weighted by molar-refractivity contribution is 0.366. The van der Waals surface area contributed by atoms with Crippen molar-refractivity contribution in [3.05, 3.63) is 24.3 Å². The molecule has 0 aliphatic heterocycles. The third-order valence-corrected chi connectivity index (χ3v) is 6.06. The Hall–Kier alpha value is -1.03. The number of benzene rings is 1. The van der Waals surface area contributed by atoms with Crippen LogP contribution in [0.5, 0.6) is 0 Å². The van der Waals surface area contributed by atoms with E-state index in [0.717, 1.165) is 12.1 Å². The first-order valence-corrected chi connectivity index (χ1v) is 8.99. The maximum absolute atomic E-state index is 12.2. The van der Waals surface area contributed by atoms with Crippen LogP contribution in [0.3, 0.4) is 0 Å². The summed E-state index contributed by atoms with van der Waals surface area (Å²) in [6.45, 7) is 8.48. The summed E-state index contributed by atoms with van der Waals surface area (Å²) in [7, 11) is -3.18. The molecule has 1 aromatic rings. The second-order valence-electron chi connectivity index (χ2n) is 6.70. The molecule has 0 amide bonds. The zero-order chi connectivity index (χ0) is 15.0. The van der Waals surface area contributed by atoms with Crippen molar-refractivity contribution < 1.29 is 8.42 Å². The molecule has 0 heterocycles. The van der Waals surface area contributed by atoms with E-state index in [4.69, 9.17) is 0 Å². The summed E-state index contributed by atoms with van der Waals surface area (Å²) in [4.78, 5) is 0.430. The maximum atomic E-state index is 12.2. The van der Waals surface area contributed by atoms with E-state index in [9.17, 15) is 8.42 Å². The van der Waals surface area contributed by atoms with E-state index in [2.05, 4.69) is 26.1 Å². The smallest absolute Gasteiger partial charge is 0.180 e. The molecule has 1 fully saturated rings. The minimum absolute atomic E-state index is 0.136. The lowest BCUT2D eigenvalue weighted by atomic mass is 9.91. The Morgan fingerprint density at radius 2 is 1.90 bits per heavy atom. The Bertz CT molecular complexity index is 578. The highest BCUT2D eigenvalue weighted by atomic mass is 32.2. The van der Waals surface area contributed by atoms with Gasteiger partial charge in [-0.1, -0.05) is 39.8 Å². The molecule has 2 rings (SSSR count). The van der Waals surface area contributed by atoms with Crippen LogP contribution in [-0.4, -0.2) is 20.2 Å². The number of rotatable bonds is 4. The van der Waals surface area contributed by atoms with E-state index in [-0.39, 0.29) is 5.75 Å². The number of anilines is 1. The number of hydrogen-bond acceptors (Lipinski definition) is 3. The maximum Gasteiger partial charge on any atom is 0.180 e. The number of hydrogen-bond donors (Lipinski definition) is 1. The molecule has 20 heavy (non-hydrogen) atoms. The summed E-state index contributed by atoms with van der Waals surface area (Å²) >= 11 is 0. The van der Waals surface area contributed by atoms with Crippen LogP contribution < -0.4 is 5.32 Å². The van der Waals surface area contributed by atoms with Crippen molar-refractivity contribution in [1.82, 2.24) is 0 Å². The number of para-hydroxylation sites is 1. The minimum Gasteiger partial charge on any atom is -0.381 e. The van der Waals surface area contributed by atoms with Gasteiger partial charge in [0.1, 0.15) is 0 Å². The Labute approximate surface area is 122 Å². The van der Waals surface area contributed by atoms with E-state index < -0.39 is 9.84 Å². The first kappa shape index (κ1) is 15.4. The second kappa shape index (κ2) is 5.40. The monoisotopic (exact) mass is 295 g/mol. The summed E-state index contributed by atoms with van der Waals surface area (Å²) in [5.41, 5.74) is 1.08. The van der Waals surface area contributed by atoms with Gasteiger partial charge < -0.3 is 5.32 Å². The van der Waals surface area contributed by atoms with Crippen LogP contribution in [0, 0.1) is 11.3 Å². The van der Waals surface area contributed by atoms with Crippen molar-refractivity contribution in [2.75, 3.05) is 11.1 Å². The van der Waals surface area contributed by atoms with Crippen molar-refractivity contribution >= 4 is 15.5 Å². The molecule has 1 aliphatic carbocycles. The number of nitrogens with one attached hydrogen (secondary N) is 1. The summed E-state index contributed by atoms with van der Waals surface area (Å²) in [5, 5.41) is 3.48. The molecule has 2 unspecified atom stereocenters. The lowest BCUT2D eigenvalue weighted by Gasteiger charge is -2.21. The van der Waals surface area contributed by atoms with Crippen molar-refractivity contribution in [2.45, 2.75) is 51.5 Å². The quantitative estimate of drug-likeness (QED) is 0.921. The molecule has 4 heteroatoms. The molecule has 0 spiro atoms. The van der Waals surface area contributed by atoms with Gasteiger partial charge in [-0.3, -0.25) is 0 Å². The van der Waals surface area contributed by atoms with Crippen LogP contribution >= 0.6 is 0 Å². The van der Waals surface area contributed by atoms with Crippen LogP contribution in [0.1, 0.15) is 40.5 Å². The molecule has 1 aliphatic rings. The van der Waals surface area contributed by atoms with Gasteiger partial charge >= 0.3 is 0 Å². The van der Waals surface area contributed by atoms with Gasteiger partial charge in [-0.15, -0.1) is 0 Å². The topological polar surface area (TPSA) is 46.2 Å². The normalized spacial score (nSPS) is 25.6. The van der Waals surface area contributed by atoms with Gasteiger partial charge in [-0.05, 0) is 36.3 Å². The number of sulfone groups is 1. The van der Waals surface area contributed by atoms with E-state index >= 15 is 0 Å². The molecule has 1 saturated carbocycles. The predicted molar refractivity (Wildman–Crippen MR) is 83.8 cm³/mol. The SMILES string of the molecule is CCS(=O)(=O)c1ccccc1NC1CC(C)(C)CC1C. The average Bonchev–Trinajstić information content (AvgIpc) is 2.63. The summed E-state index contributed by atoms with van der Waals surface area (Å²) in [5.74, 6) is 0.694. The van der Waals surface area contributed by atoms with Gasteiger partial charge in [0.25, 0.3) is 0 Å². The molecule has 0 aromatic heterocycles. The van der Waals surface area contributed by atoms with Gasteiger partial charge in [-0.2, -0.15) is 0 Å².